The van der Waals surface area contributed by atoms with E-state index in [-0.39, 0.29) is 16.9 Å². The second kappa shape index (κ2) is 7.05. The number of hydrogen-bond acceptors (Lipinski definition) is 5. The molecular weight excluding hydrogens is 320 g/mol. The Kier molecular flexibility index (Phi) is 4.29. The van der Waals surface area contributed by atoms with Crippen LogP contribution in [0.15, 0.2) is 60.8 Å². The minimum absolute atomic E-state index is 0.0598. The molecule has 1 aliphatic rings. The fraction of sp³-hybridized carbons (Fsp3) is 0.100. The van der Waals surface area contributed by atoms with Gasteiger partial charge in [0, 0.05) is 16.7 Å². The molecule has 3 rings (SSSR count). The van der Waals surface area contributed by atoms with E-state index < -0.39 is 18.2 Å². The predicted octanol–water partition coefficient (Wildman–Crippen LogP) is 3.27. The predicted molar refractivity (Wildman–Crippen MR) is 92.8 cm³/mol. The van der Waals surface area contributed by atoms with Crippen LogP contribution in [0.2, 0.25) is 0 Å². The summed E-state index contributed by atoms with van der Waals surface area (Å²) in [5.74, 6) is -1.20. The number of methoxy groups -OCH3 is 2. The van der Waals surface area contributed by atoms with Crippen molar-refractivity contribution in [2.75, 3.05) is 14.2 Å². The van der Waals surface area contributed by atoms with E-state index in [2.05, 4.69) is 0 Å². The van der Waals surface area contributed by atoms with Gasteiger partial charge in [-0.25, -0.2) is 9.59 Å². The molecule has 0 fully saturated rings. The van der Waals surface area contributed by atoms with E-state index in [0.29, 0.717) is 16.7 Å². The lowest BCUT2D eigenvalue weighted by atomic mass is 9.93. The zero-order chi connectivity index (χ0) is 18.7. The van der Waals surface area contributed by atoms with Crippen molar-refractivity contribution >= 4 is 28.8 Å². The summed E-state index contributed by atoms with van der Waals surface area (Å²) in [5.41, 5.74) is 1.46. The van der Waals surface area contributed by atoms with E-state index in [0.717, 1.165) is 0 Å². The van der Waals surface area contributed by atoms with Crippen molar-refractivity contribution in [3.8, 4) is 0 Å². The van der Waals surface area contributed by atoms with Crippen molar-refractivity contribution in [2.45, 2.75) is 0 Å². The van der Waals surface area contributed by atoms with Gasteiger partial charge in [-0.1, -0.05) is 54.6 Å². The van der Waals surface area contributed by atoms with Crippen LogP contribution in [0.25, 0.3) is 16.9 Å². The molecule has 0 saturated heterocycles. The Morgan fingerprint density at radius 1 is 0.880 bits per heavy atom. The lowest BCUT2D eigenvalue weighted by Gasteiger charge is -2.13. The van der Waals surface area contributed by atoms with E-state index in [1.54, 1.807) is 48.5 Å². The number of ether oxygens (including phenoxy) is 3. The Morgan fingerprint density at radius 3 is 2.12 bits per heavy atom. The second-order valence-corrected chi connectivity index (χ2v) is 5.18. The largest absolute Gasteiger partial charge is 0.465 e. The van der Waals surface area contributed by atoms with Gasteiger partial charge < -0.3 is 14.2 Å². The average Bonchev–Trinajstić information content (AvgIpc) is 2.81. The van der Waals surface area contributed by atoms with Gasteiger partial charge in [0.25, 0.3) is 0 Å². The van der Waals surface area contributed by atoms with Gasteiger partial charge in [-0.15, -0.1) is 0 Å². The first-order valence-corrected chi connectivity index (χ1v) is 7.53. The summed E-state index contributed by atoms with van der Waals surface area (Å²) in [6.07, 6.45) is -0.401. The molecular formula is C20H16O5. The van der Waals surface area contributed by atoms with Crippen LogP contribution < -0.4 is 0 Å². The normalized spacial score (nSPS) is 14.1. The van der Waals surface area contributed by atoms with Gasteiger partial charge in [-0.3, -0.25) is 0 Å². The molecule has 2 aromatic rings. The van der Waals surface area contributed by atoms with Crippen LogP contribution in [0.5, 0.6) is 0 Å². The van der Waals surface area contributed by atoms with Gasteiger partial charge in [0.2, 0.25) is 0 Å². The third-order valence-electron chi connectivity index (χ3n) is 3.76. The summed E-state index contributed by atoms with van der Waals surface area (Å²) in [7, 11) is 2.49. The highest BCUT2D eigenvalue weighted by molar-refractivity contribution is 6.27. The van der Waals surface area contributed by atoms with Crippen molar-refractivity contribution in [3.05, 3.63) is 77.5 Å². The molecule has 0 atom stereocenters. The smallest absolute Gasteiger partial charge is 0.342 e. The SMILES string of the molecule is [2H]C1=C(C(=O)OC)c2ccccc2C(C(=O)OC)=C(c2ccccc2)O1. The number of esters is 2. The number of fused-ring (bicyclic) bond motifs is 1. The van der Waals surface area contributed by atoms with Gasteiger partial charge in [0.05, 0.1) is 14.2 Å². The van der Waals surface area contributed by atoms with Gasteiger partial charge in [0.1, 0.15) is 24.5 Å². The third kappa shape index (κ3) is 3.04. The molecule has 0 bridgehead atoms. The Labute approximate surface area is 146 Å². The lowest BCUT2D eigenvalue weighted by Crippen LogP contribution is -2.09. The van der Waals surface area contributed by atoms with E-state index in [4.69, 9.17) is 15.6 Å². The van der Waals surface area contributed by atoms with Crippen LogP contribution in [0.3, 0.4) is 0 Å². The Balaban J connectivity index is 2.37. The zero-order valence-corrected chi connectivity index (χ0v) is 13.7. The van der Waals surface area contributed by atoms with E-state index >= 15 is 0 Å². The molecule has 5 heteroatoms. The highest BCUT2D eigenvalue weighted by Crippen LogP contribution is 2.37. The van der Waals surface area contributed by atoms with Gasteiger partial charge >= 0.3 is 11.9 Å². The van der Waals surface area contributed by atoms with Crippen LogP contribution in [0.4, 0.5) is 0 Å². The number of carbonyl (C=O) groups excluding carboxylic acids is 2. The molecule has 1 heterocycles. The van der Waals surface area contributed by atoms with Gasteiger partial charge in [-0.05, 0) is 0 Å². The number of carbonyl (C=O) groups is 2. The quantitative estimate of drug-likeness (QED) is 0.805. The van der Waals surface area contributed by atoms with Crippen molar-refractivity contribution in [3.63, 3.8) is 0 Å². The Bertz CT molecular complexity index is 928. The summed E-state index contributed by atoms with van der Waals surface area (Å²) >= 11 is 0. The van der Waals surface area contributed by atoms with Crippen molar-refractivity contribution in [1.82, 2.24) is 0 Å². The topological polar surface area (TPSA) is 61.8 Å². The third-order valence-corrected chi connectivity index (χ3v) is 3.76. The van der Waals surface area contributed by atoms with Gasteiger partial charge in [-0.2, -0.15) is 0 Å². The number of benzene rings is 2. The second-order valence-electron chi connectivity index (χ2n) is 5.18. The first-order valence-electron chi connectivity index (χ1n) is 8.03. The van der Waals surface area contributed by atoms with Crippen LogP contribution in [-0.2, 0) is 23.8 Å². The lowest BCUT2D eigenvalue weighted by molar-refractivity contribution is -0.134. The van der Waals surface area contributed by atoms with Gasteiger partial charge in [0.15, 0.2) is 0 Å². The molecule has 0 amide bonds. The average molecular weight is 337 g/mol. The molecule has 126 valence electrons. The monoisotopic (exact) mass is 337 g/mol. The Morgan fingerprint density at radius 2 is 1.48 bits per heavy atom. The zero-order valence-electron chi connectivity index (χ0n) is 14.7. The maximum atomic E-state index is 12.6. The molecule has 0 spiro atoms. The molecule has 0 unspecified atom stereocenters. The minimum atomic E-state index is -0.721. The number of hydrogen-bond donors (Lipinski definition) is 0. The van der Waals surface area contributed by atoms with Crippen molar-refractivity contribution < 1.29 is 25.2 Å². The van der Waals surface area contributed by atoms with Crippen LogP contribution in [0, 0.1) is 0 Å². The van der Waals surface area contributed by atoms with E-state index in [9.17, 15) is 9.59 Å². The molecule has 5 nitrogen and oxygen atoms in total. The Hall–Kier alpha value is -3.34. The highest BCUT2D eigenvalue weighted by Gasteiger charge is 2.29. The minimum Gasteiger partial charge on any atom is -0.465 e. The van der Waals surface area contributed by atoms with Crippen molar-refractivity contribution in [2.24, 2.45) is 0 Å². The first kappa shape index (κ1) is 15.2. The van der Waals surface area contributed by atoms with Crippen LogP contribution in [-0.4, -0.2) is 26.2 Å². The molecule has 0 N–H and O–H groups in total. The standard InChI is InChI=1S/C20H16O5/c1-23-19(21)16-12-25-18(13-8-4-3-5-9-13)17(20(22)24-2)15-11-7-6-10-14(15)16/h3-12H,1-2H3/i12D. The highest BCUT2D eigenvalue weighted by atomic mass is 16.5. The molecule has 0 aromatic heterocycles. The molecule has 0 aliphatic carbocycles. The van der Waals surface area contributed by atoms with Crippen molar-refractivity contribution in [1.29, 1.82) is 0 Å². The van der Waals surface area contributed by atoms with Crippen LogP contribution >= 0.6 is 0 Å². The summed E-state index contributed by atoms with van der Waals surface area (Å²) in [4.78, 5) is 24.8. The summed E-state index contributed by atoms with van der Waals surface area (Å²) < 4.78 is 23.7. The van der Waals surface area contributed by atoms with E-state index in [1.165, 1.54) is 14.2 Å². The fourth-order valence-corrected chi connectivity index (χ4v) is 2.60. The maximum Gasteiger partial charge on any atom is 0.342 e. The summed E-state index contributed by atoms with van der Waals surface area (Å²) in [6.45, 7) is 0. The molecule has 0 radical (unpaired) electrons. The maximum absolute atomic E-state index is 12.6. The molecule has 0 saturated carbocycles. The number of rotatable bonds is 3. The molecule has 25 heavy (non-hydrogen) atoms. The van der Waals surface area contributed by atoms with Crippen LogP contribution in [0.1, 0.15) is 18.1 Å². The molecule has 1 aliphatic heterocycles. The summed E-state index contributed by atoms with van der Waals surface area (Å²) in [5, 5.41) is 0. The van der Waals surface area contributed by atoms with E-state index in [1.807, 2.05) is 6.07 Å². The summed E-state index contributed by atoms with van der Waals surface area (Å²) in [6, 6.07) is 15.6. The first-order chi connectivity index (χ1) is 12.6. The molecule has 2 aromatic carbocycles. The fourth-order valence-electron chi connectivity index (χ4n) is 2.60.